The van der Waals surface area contributed by atoms with E-state index in [1.54, 1.807) is 6.92 Å². The fraction of sp³-hybridized carbons (Fsp3) is 0.333. The second-order valence-corrected chi connectivity index (χ2v) is 3.69. The Morgan fingerprint density at radius 1 is 1.50 bits per heavy atom. The van der Waals surface area contributed by atoms with E-state index in [1.807, 2.05) is 0 Å². The van der Waals surface area contributed by atoms with E-state index in [1.165, 1.54) is 13.2 Å². The second-order valence-electron chi connectivity index (χ2n) is 3.69. The van der Waals surface area contributed by atoms with Gasteiger partial charge in [0.05, 0.1) is 24.4 Å². The summed E-state index contributed by atoms with van der Waals surface area (Å²) in [5, 5.41) is 2.47. The summed E-state index contributed by atoms with van der Waals surface area (Å²) in [5.74, 6) is -1.75. The van der Waals surface area contributed by atoms with Crippen LogP contribution in [-0.2, 0) is 9.53 Å². The van der Waals surface area contributed by atoms with Crippen LogP contribution in [0.15, 0.2) is 18.2 Å². The molecular weight excluding hydrogens is 239 g/mol. The van der Waals surface area contributed by atoms with Crippen LogP contribution in [0.4, 0.5) is 10.1 Å². The number of carbonyl (C=O) groups is 2. The molecule has 18 heavy (non-hydrogen) atoms. The van der Waals surface area contributed by atoms with E-state index in [0.717, 1.165) is 12.1 Å². The highest BCUT2D eigenvalue weighted by Crippen LogP contribution is 2.18. The molecule has 6 heteroatoms. The van der Waals surface area contributed by atoms with Crippen LogP contribution in [0.5, 0.6) is 0 Å². The predicted molar refractivity (Wildman–Crippen MR) is 64.6 cm³/mol. The summed E-state index contributed by atoms with van der Waals surface area (Å²) >= 11 is 0. The van der Waals surface area contributed by atoms with E-state index < -0.39 is 23.7 Å². The molecule has 0 saturated carbocycles. The second kappa shape index (κ2) is 6.11. The van der Waals surface area contributed by atoms with E-state index in [-0.39, 0.29) is 11.3 Å². The largest absolute Gasteiger partial charge is 0.465 e. The van der Waals surface area contributed by atoms with Crippen molar-refractivity contribution in [3.8, 4) is 0 Å². The maximum absolute atomic E-state index is 13.1. The Bertz CT molecular complexity index is 463. The highest BCUT2D eigenvalue weighted by molar-refractivity contribution is 6.02. The minimum atomic E-state index is -0.727. The van der Waals surface area contributed by atoms with Gasteiger partial charge in [-0.05, 0) is 24.6 Å². The smallest absolute Gasteiger partial charge is 0.340 e. The van der Waals surface area contributed by atoms with Crippen molar-refractivity contribution in [3.05, 3.63) is 29.6 Å². The van der Waals surface area contributed by atoms with Crippen LogP contribution >= 0.6 is 0 Å². The minimum absolute atomic E-state index is 0.0471. The van der Waals surface area contributed by atoms with Crippen molar-refractivity contribution in [2.24, 2.45) is 5.73 Å². The van der Waals surface area contributed by atoms with E-state index in [4.69, 9.17) is 5.73 Å². The molecule has 0 bridgehead atoms. The molecule has 0 aromatic heterocycles. The molecule has 0 saturated heterocycles. The predicted octanol–water partition coefficient (Wildman–Crippen LogP) is 1.29. The molecular formula is C12H15FN2O3. The number of anilines is 1. The molecule has 0 aliphatic heterocycles. The van der Waals surface area contributed by atoms with Crippen molar-refractivity contribution in [1.82, 2.24) is 0 Å². The number of hydrogen-bond acceptors (Lipinski definition) is 4. The lowest BCUT2D eigenvalue weighted by Crippen LogP contribution is -2.35. The highest BCUT2D eigenvalue weighted by atomic mass is 19.1. The van der Waals surface area contributed by atoms with Crippen LogP contribution in [-0.4, -0.2) is 25.0 Å². The van der Waals surface area contributed by atoms with Crippen LogP contribution in [0, 0.1) is 5.82 Å². The van der Waals surface area contributed by atoms with E-state index in [2.05, 4.69) is 10.1 Å². The summed E-state index contributed by atoms with van der Waals surface area (Å²) in [7, 11) is 1.18. The standard InChI is InChI=1S/C12H15FN2O3/c1-3-9(14)11(16)15-10-5-4-7(13)6-8(10)12(17)18-2/h4-6,9H,3,14H2,1-2H3,(H,15,16). The van der Waals surface area contributed by atoms with Gasteiger partial charge in [0.25, 0.3) is 0 Å². The molecule has 1 atom stereocenters. The fourth-order valence-corrected chi connectivity index (χ4v) is 1.32. The van der Waals surface area contributed by atoms with Crippen LogP contribution in [0.2, 0.25) is 0 Å². The third-order valence-corrected chi connectivity index (χ3v) is 2.42. The summed E-state index contributed by atoms with van der Waals surface area (Å²) in [4.78, 5) is 23.0. The van der Waals surface area contributed by atoms with Gasteiger partial charge in [0, 0.05) is 0 Å². The zero-order valence-corrected chi connectivity index (χ0v) is 10.2. The Balaban J connectivity index is 3.01. The lowest BCUT2D eigenvalue weighted by Gasteiger charge is -2.12. The third-order valence-electron chi connectivity index (χ3n) is 2.42. The Kier molecular flexibility index (Phi) is 4.79. The Morgan fingerprint density at radius 3 is 2.72 bits per heavy atom. The van der Waals surface area contributed by atoms with Gasteiger partial charge in [0.2, 0.25) is 5.91 Å². The molecule has 0 aliphatic carbocycles. The van der Waals surface area contributed by atoms with Gasteiger partial charge >= 0.3 is 5.97 Å². The quantitative estimate of drug-likeness (QED) is 0.793. The number of halogens is 1. The topological polar surface area (TPSA) is 81.4 Å². The van der Waals surface area contributed by atoms with Gasteiger partial charge in [-0.3, -0.25) is 4.79 Å². The molecule has 98 valence electrons. The Labute approximate surface area is 104 Å². The number of rotatable bonds is 4. The Hall–Kier alpha value is -1.95. The van der Waals surface area contributed by atoms with Crippen molar-refractivity contribution < 1.29 is 18.7 Å². The molecule has 3 N–H and O–H groups in total. The van der Waals surface area contributed by atoms with Crippen LogP contribution in [0.3, 0.4) is 0 Å². The first kappa shape index (κ1) is 14.1. The molecule has 1 amide bonds. The highest BCUT2D eigenvalue weighted by Gasteiger charge is 2.17. The van der Waals surface area contributed by atoms with Gasteiger partial charge in [-0.15, -0.1) is 0 Å². The summed E-state index contributed by atoms with van der Waals surface area (Å²) in [6.45, 7) is 1.76. The van der Waals surface area contributed by atoms with E-state index in [9.17, 15) is 14.0 Å². The number of hydrogen-bond donors (Lipinski definition) is 2. The first-order valence-corrected chi connectivity index (χ1v) is 5.44. The zero-order chi connectivity index (χ0) is 13.7. The van der Waals surface area contributed by atoms with Gasteiger partial charge in [-0.25, -0.2) is 9.18 Å². The van der Waals surface area contributed by atoms with E-state index in [0.29, 0.717) is 6.42 Å². The van der Waals surface area contributed by atoms with Crippen molar-refractivity contribution in [3.63, 3.8) is 0 Å². The minimum Gasteiger partial charge on any atom is -0.465 e. The molecule has 1 unspecified atom stereocenters. The van der Waals surface area contributed by atoms with Gasteiger partial charge in [-0.1, -0.05) is 6.92 Å². The lowest BCUT2D eigenvalue weighted by molar-refractivity contribution is -0.117. The van der Waals surface area contributed by atoms with Gasteiger partial charge in [0.1, 0.15) is 5.82 Å². The number of benzene rings is 1. The maximum atomic E-state index is 13.1. The molecule has 0 fully saturated rings. The van der Waals surface area contributed by atoms with Crippen molar-refractivity contribution in [1.29, 1.82) is 0 Å². The lowest BCUT2D eigenvalue weighted by atomic mass is 10.1. The fourth-order valence-electron chi connectivity index (χ4n) is 1.32. The van der Waals surface area contributed by atoms with Crippen LogP contribution < -0.4 is 11.1 Å². The molecule has 1 aromatic carbocycles. The SMILES string of the molecule is CCC(N)C(=O)Nc1ccc(F)cc1C(=O)OC. The molecule has 0 spiro atoms. The Morgan fingerprint density at radius 2 is 2.17 bits per heavy atom. The van der Waals surface area contributed by atoms with Gasteiger partial charge in [0.15, 0.2) is 0 Å². The van der Waals surface area contributed by atoms with Crippen molar-refractivity contribution >= 4 is 17.6 Å². The van der Waals surface area contributed by atoms with Gasteiger partial charge in [-0.2, -0.15) is 0 Å². The summed E-state index contributed by atoms with van der Waals surface area (Å²) < 4.78 is 17.6. The number of esters is 1. The average molecular weight is 254 g/mol. The molecule has 1 rings (SSSR count). The number of methoxy groups -OCH3 is 1. The number of carbonyl (C=O) groups excluding carboxylic acids is 2. The monoisotopic (exact) mass is 254 g/mol. The molecule has 5 nitrogen and oxygen atoms in total. The third kappa shape index (κ3) is 3.27. The van der Waals surface area contributed by atoms with Crippen LogP contribution in [0.25, 0.3) is 0 Å². The summed E-state index contributed by atoms with van der Waals surface area (Å²) in [6.07, 6.45) is 0.459. The number of nitrogens with one attached hydrogen (secondary N) is 1. The molecule has 0 aliphatic rings. The maximum Gasteiger partial charge on any atom is 0.340 e. The van der Waals surface area contributed by atoms with Crippen LogP contribution in [0.1, 0.15) is 23.7 Å². The van der Waals surface area contributed by atoms with E-state index >= 15 is 0 Å². The van der Waals surface area contributed by atoms with Gasteiger partial charge < -0.3 is 15.8 Å². The average Bonchev–Trinajstić information content (AvgIpc) is 2.38. The zero-order valence-electron chi connectivity index (χ0n) is 10.2. The van der Waals surface area contributed by atoms with Crippen molar-refractivity contribution in [2.75, 3.05) is 12.4 Å². The molecule has 1 aromatic rings. The number of amides is 1. The first-order valence-electron chi connectivity index (χ1n) is 5.44. The molecule has 0 radical (unpaired) electrons. The first-order chi connectivity index (χ1) is 8.49. The normalized spacial score (nSPS) is 11.8. The number of nitrogens with two attached hydrogens (primary N) is 1. The number of ether oxygens (including phenoxy) is 1. The van der Waals surface area contributed by atoms with Crippen molar-refractivity contribution in [2.45, 2.75) is 19.4 Å². The summed E-state index contributed by atoms with van der Waals surface area (Å²) in [6, 6.07) is 2.75. The summed E-state index contributed by atoms with van der Waals surface area (Å²) in [5.41, 5.74) is 5.68. The molecule has 0 heterocycles.